The molecular weight excluding hydrogens is 237 g/mol. The van der Waals surface area contributed by atoms with Crippen LogP contribution in [0, 0.1) is 0 Å². The Morgan fingerprint density at radius 3 is 2.53 bits per heavy atom. The van der Waals surface area contributed by atoms with Gasteiger partial charge in [-0.15, -0.1) is 11.6 Å². The normalized spacial score (nSPS) is 11.3. The predicted octanol–water partition coefficient (Wildman–Crippen LogP) is -2.30. The first kappa shape index (κ1) is 14.2. The van der Waals surface area contributed by atoms with Crippen LogP contribution in [0.4, 0.5) is 0 Å². The van der Waals surface area contributed by atoms with Crippen LogP contribution in [0.5, 0.6) is 0 Å². The van der Waals surface area contributed by atoms with Crippen molar-refractivity contribution in [1.82, 2.24) is 0 Å². The van der Waals surface area contributed by atoms with Gasteiger partial charge in [0.25, 0.3) is 0 Å². The van der Waals surface area contributed by atoms with Gasteiger partial charge in [0.2, 0.25) is 0 Å². The lowest BCUT2D eigenvalue weighted by molar-refractivity contribution is -0.417. The standard InChI is InChI=1S/C10H12ClNO2.ClH/c11-6-9(12)7-14-10(13)8-4-2-1-3-5-8;/h1-5,9H,6-7,12H2;1H. The maximum Gasteiger partial charge on any atom is 0.338 e. The quantitative estimate of drug-likeness (QED) is 0.482. The summed E-state index contributed by atoms with van der Waals surface area (Å²) < 4.78 is 4.99. The number of hydrogen-bond donors (Lipinski definition) is 1. The summed E-state index contributed by atoms with van der Waals surface area (Å²) in [5.74, 6) is 0.0617. The molecular formula is C10H13Cl2NO2. The number of carbonyl (C=O) groups is 1. The molecule has 0 spiro atoms. The van der Waals surface area contributed by atoms with Gasteiger partial charge < -0.3 is 22.9 Å². The van der Waals surface area contributed by atoms with Gasteiger partial charge in [0.05, 0.1) is 11.4 Å². The van der Waals surface area contributed by atoms with E-state index in [4.69, 9.17) is 16.3 Å². The largest absolute Gasteiger partial charge is 1.00 e. The third kappa shape index (κ3) is 5.02. The van der Waals surface area contributed by atoms with Crippen molar-refractivity contribution >= 4 is 17.6 Å². The van der Waals surface area contributed by atoms with Gasteiger partial charge in [-0.1, -0.05) is 18.2 Å². The Labute approximate surface area is 100.0 Å². The second-order valence-corrected chi connectivity index (χ2v) is 3.29. The van der Waals surface area contributed by atoms with Gasteiger partial charge in [0, 0.05) is 0 Å². The number of alkyl halides is 1. The van der Waals surface area contributed by atoms with Crippen LogP contribution in [-0.2, 0) is 4.74 Å². The lowest BCUT2D eigenvalue weighted by Crippen LogP contribution is -3.00. The molecule has 1 aromatic rings. The molecule has 3 N–H and O–H groups in total. The Bertz CT molecular complexity index is 293. The molecule has 1 aromatic carbocycles. The van der Waals surface area contributed by atoms with Gasteiger partial charge >= 0.3 is 5.97 Å². The fourth-order valence-corrected chi connectivity index (χ4v) is 0.985. The van der Waals surface area contributed by atoms with E-state index in [1.165, 1.54) is 0 Å². The van der Waals surface area contributed by atoms with E-state index in [2.05, 4.69) is 5.73 Å². The second kappa shape index (κ2) is 7.51. The Morgan fingerprint density at radius 2 is 2.00 bits per heavy atom. The van der Waals surface area contributed by atoms with E-state index in [0.717, 1.165) is 0 Å². The fourth-order valence-electron chi connectivity index (χ4n) is 0.896. The number of quaternary nitrogens is 1. The first-order valence-electron chi connectivity index (χ1n) is 4.35. The van der Waals surface area contributed by atoms with E-state index in [0.29, 0.717) is 11.4 Å². The zero-order chi connectivity index (χ0) is 10.4. The van der Waals surface area contributed by atoms with Crippen LogP contribution >= 0.6 is 11.6 Å². The molecule has 0 saturated carbocycles. The molecule has 1 atom stereocenters. The number of ether oxygens (including phenoxy) is 1. The average Bonchev–Trinajstić information content (AvgIpc) is 2.26. The molecule has 1 unspecified atom stereocenters. The highest BCUT2D eigenvalue weighted by atomic mass is 35.5. The summed E-state index contributed by atoms with van der Waals surface area (Å²) in [7, 11) is 0. The summed E-state index contributed by atoms with van der Waals surface area (Å²) in [5, 5.41) is 0. The summed E-state index contributed by atoms with van der Waals surface area (Å²) in [4.78, 5) is 11.4. The van der Waals surface area contributed by atoms with Crippen molar-refractivity contribution in [2.75, 3.05) is 12.5 Å². The van der Waals surface area contributed by atoms with Gasteiger partial charge in [-0.25, -0.2) is 4.79 Å². The van der Waals surface area contributed by atoms with Gasteiger partial charge in [-0.2, -0.15) is 0 Å². The van der Waals surface area contributed by atoms with Crippen LogP contribution < -0.4 is 18.1 Å². The van der Waals surface area contributed by atoms with Gasteiger partial charge in [0.15, 0.2) is 0 Å². The molecule has 1 rings (SSSR count). The molecule has 0 aliphatic heterocycles. The van der Waals surface area contributed by atoms with Gasteiger partial charge in [0.1, 0.15) is 12.6 Å². The third-order valence-corrected chi connectivity index (χ3v) is 2.11. The van der Waals surface area contributed by atoms with Crippen molar-refractivity contribution in [2.24, 2.45) is 0 Å². The van der Waals surface area contributed by atoms with Crippen molar-refractivity contribution < 1.29 is 27.7 Å². The molecule has 3 nitrogen and oxygen atoms in total. The monoisotopic (exact) mass is 249 g/mol. The first-order valence-corrected chi connectivity index (χ1v) is 4.88. The van der Waals surface area contributed by atoms with E-state index < -0.39 is 0 Å². The van der Waals surface area contributed by atoms with Gasteiger partial charge in [-0.05, 0) is 12.1 Å². The van der Waals surface area contributed by atoms with Gasteiger partial charge in [-0.3, -0.25) is 0 Å². The number of halogens is 2. The smallest absolute Gasteiger partial charge is 0.338 e. The summed E-state index contributed by atoms with van der Waals surface area (Å²) in [6.45, 7) is 0.261. The summed E-state index contributed by atoms with van der Waals surface area (Å²) in [5.41, 5.74) is 4.26. The van der Waals surface area contributed by atoms with Crippen molar-refractivity contribution in [3.8, 4) is 0 Å². The SMILES string of the molecule is [Cl-].[NH3+]C(CCl)COC(=O)c1ccccc1. The molecule has 15 heavy (non-hydrogen) atoms. The lowest BCUT2D eigenvalue weighted by Gasteiger charge is -2.06. The lowest BCUT2D eigenvalue weighted by atomic mass is 10.2. The molecule has 0 heterocycles. The maximum atomic E-state index is 11.4. The zero-order valence-electron chi connectivity index (χ0n) is 8.16. The summed E-state index contributed by atoms with van der Waals surface area (Å²) >= 11 is 5.53. The van der Waals surface area contributed by atoms with Crippen LogP contribution in [0.25, 0.3) is 0 Å². The zero-order valence-corrected chi connectivity index (χ0v) is 9.67. The molecule has 0 aliphatic carbocycles. The minimum atomic E-state index is -0.329. The van der Waals surface area contributed by atoms with E-state index in [9.17, 15) is 4.79 Å². The van der Waals surface area contributed by atoms with E-state index in [1.54, 1.807) is 24.3 Å². The molecule has 84 valence electrons. The molecule has 0 radical (unpaired) electrons. The maximum absolute atomic E-state index is 11.4. The highest BCUT2D eigenvalue weighted by Crippen LogP contribution is 2.01. The van der Waals surface area contributed by atoms with Crippen molar-refractivity contribution in [1.29, 1.82) is 0 Å². The van der Waals surface area contributed by atoms with Crippen LogP contribution in [0.3, 0.4) is 0 Å². The van der Waals surface area contributed by atoms with Crippen molar-refractivity contribution in [3.05, 3.63) is 35.9 Å². The van der Waals surface area contributed by atoms with Crippen molar-refractivity contribution in [2.45, 2.75) is 6.04 Å². The highest BCUT2D eigenvalue weighted by Gasteiger charge is 2.10. The van der Waals surface area contributed by atoms with Crippen LogP contribution in [0.2, 0.25) is 0 Å². The van der Waals surface area contributed by atoms with E-state index in [1.807, 2.05) is 6.07 Å². The number of esters is 1. The Balaban J connectivity index is 0.00000196. The molecule has 0 fully saturated rings. The van der Waals surface area contributed by atoms with E-state index >= 15 is 0 Å². The van der Waals surface area contributed by atoms with E-state index in [-0.39, 0.29) is 31.0 Å². The summed E-state index contributed by atoms with van der Waals surface area (Å²) in [6.07, 6.45) is 0. The minimum absolute atomic E-state index is 0. The minimum Gasteiger partial charge on any atom is -1.00 e. The fraction of sp³-hybridized carbons (Fsp3) is 0.300. The predicted molar refractivity (Wildman–Crippen MR) is 54.1 cm³/mol. The Kier molecular flexibility index (Phi) is 7.13. The number of benzene rings is 1. The number of rotatable bonds is 4. The molecule has 5 heteroatoms. The molecule has 0 saturated heterocycles. The Hall–Kier alpha value is -0.770. The van der Waals surface area contributed by atoms with Crippen LogP contribution in [0.1, 0.15) is 10.4 Å². The Morgan fingerprint density at radius 1 is 1.40 bits per heavy atom. The van der Waals surface area contributed by atoms with Crippen LogP contribution in [0.15, 0.2) is 30.3 Å². The second-order valence-electron chi connectivity index (χ2n) is 2.98. The average molecular weight is 250 g/mol. The number of hydrogen-bond acceptors (Lipinski definition) is 2. The highest BCUT2D eigenvalue weighted by molar-refractivity contribution is 6.18. The summed E-state index contributed by atoms with van der Waals surface area (Å²) in [6, 6.07) is 8.80. The third-order valence-electron chi connectivity index (χ3n) is 1.68. The molecule has 0 aliphatic rings. The van der Waals surface area contributed by atoms with Crippen molar-refractivity contribution in [3.63, 3.8) is 0 Å². The number of carbonyl (C=O) groups excluding carboxylic acids is 1. The molecule has 0 amide bonds. The molecule has 0 bridgehead atoms. The first-order chi connectivity index (χ1) is 6.74. The molecule has 0 aromatic heterocycles. The van der Waals surface area contributed by atoms with Crippen LogP contribution in [-0.4, -0.2) is 24.5 Å². The topological polar surface area (TPSA) is 53.9 Å².